The van der Waals surface area contributed by atoms with Gasteiger partial charge in [-0.3, -0.25) is 0 Å². The molecule has 0 fully saturated rings. The molecule has 3 aromatic rings. The summed E-state index contributed by atoms with van der Waals surface area (Å²) in [5.74, 6) is 0. The molecule has 0 bridgehead atoms. The molecule has 3 rings (SSSR count). The van der Waals surface area contributed by atoms with Gasteiger partial charge in [-0.05, 0) is 35.6 Å². The Morgan fingerprint density at radius 2 is 1.65 bits per heavy atom. The highest BCUT2D eigenvalue weighted by Gasteiger charge is 2.18. The predicted molar refractivity (Wildman–Crippen MR) is 105 cm³/mol. The third-order valence-corrected chi connectivity index (χ3v) is 5.24. The summed E-state index contributed by atoms with van der Waals surface area (Å²) in [6.07, 6.45) is 1.80. The first-order chi connectivity index (χ1) is 12.3. The minimum atomic E-state index is -0.462. The van der Waals surface area contributed by atoms with E-state index in [-0.39, 0.29) is 18.4 Å². The van der Waals surface area contributed by atoms with Gasteiger partial charge in [-0.1, -0.05) is 66.7 Å². The number of nitrogens with two attached hydrogens (primary N) is 1. The molecule has 0 aliphatic heterocycles. The zero-order chi connectivity index (χ0) is 17.5. The summed E-state index contributed by atoms with van der Waals surface area (Å²) in [4.78, 5) is 1.27. The van der Waals surface area contributed by atoms with E-state index in [1.165, 1.54) is 16.0 Å². The molecule has 2 nitrogen and oxygen atoms in total. The molecule has 26 heavy (non-hydrogen) atoms. The predicted octanol–water partition coefficient (Wildman–Crippen LogP) is 0.869. The Morgan fingerprint density at radius 1 is 1.00 bits per heavy atom. The van der Waals surface area contributed by atoms with Crippen molar-refractivity contribution in [2.75, 3.05) is 6.54 Å². The van der Waals surface area contributed by atoms with Crippen molar-refractivity contribution in [2.45, 2.75) is 19.1 Å². The quantitative estimate of drug-likeness (QED) is 0.622. The van der Waals surface area contributed by atoms with Gasteiger partial charge in [0.1, 0.15) is 12.1 Å². The fourth-order valence-electron chi connectivity index (χ4n) is 2.89. The largest absolute Gasteiger partial charge is 1.00 e. The number of hydrogen-bond donors (Lipinski definition) is 2. The van der Waals surface area contributed by atoms with E-state index in [1.54, 1.807) is 11.3 Å². The number of hydrogen-bond acceptors (Lipinski definition) is 2. The first-order valence-corrected chi connectivity index (χ1v) is 9.49. The fourth-order valence-corrected chi connectivity index (χ4v) is 3.68. The Labute approximate surface area is 165 Å². The Kier molecular flexibility index (Phi) is 8.07. The third kappa shape index (κ3) is 5.29. The number of halogens is 1. The Balaban J connectivity index is 0.00000243. The third-order valence-electron chi connectivity index (χ3n) is 4.34. The zero-order valence-corrected chi connectivity index (χ0v) is 16.3. The van der Waals surface area contributed by atoms with Gasteiger partial charge in [0.2, 0.25) is 0 Å². The van der Waals surface area contributed by atoms with Crippen LogP contribution in [0.4, 0.5) is 0 Å². The highest BCUT2D eigenvalue weighted by atomic mass is 35.5. The summed E-state index contributed by atoms with van der Waals surface area (Å²) in [5.41, 5.74) is 3.46. The number of aliphatic hydroxyl groups is 1. The first-order valence-electron chi connectivity index (χ1n) is 8.61. The average molecular weight is 386 g/mol. The van der Waals surface area contributed by atoms with Crippen LogP contribution >= 0.6 is 11.3 Å². The van der Waals surface area contributed by atoms with Crippen molar-refractivity contribution in [3.63, 3.8) is 0 Å². The molecule has 2 atom stereocenters. The molecule has 0 aliphatic rings. The second kappa shape index (κ2) is 10.3. The number of quaternary nitrogens is 1. The molecule has 0 radical (unpaired) electrons. The number of rotatable bonds is 7. The molecule has 136 valence electrons. The standard InChI is InChI=1S/C22H23NOS.ClH/c1-17(22(24)19-11-6-3-7-12-19)23-15-14-20(21-13-8-16-25-21)18-9-4-2-5-10-18;/h2-14,16-17,22-24H,15H2,1H3;1H/b20-14-;. The van der Waals surface area contributed by atoms with Gasteiger partial charge >= 0.3 is 0 Å². The molecule has 0 amide bonds. The Hall–Kier alpha value is -1.91. The van der Waals surface area contributed by atoms with E-state index in [4.69, 9.17) is 0 Å². The number of aliphatic hydroxyl groups excluding tert-OH is 1. The van der Waals surface area contributed by atoms with Gasteiger partial charge < -0.3 is 22.8 Å². The van der Waals surface area contributed by atoms with Crippen molar-refractivity contribution in [2.24, 2.45) is 0 Å². The highest BCUT2D eigenvalue weighted by molar-refractivity contribution is 7.11. The Morgan fingerprint density at radius 3 is 2.27 bits per heavy atom. The van der Waals surface area contributed by atoms with Gasteiger partial charge in [0.05, 0.1) is 6.54 Å². The van der Waals surface area contributed by atoms with Gasteiger partial charge in [0, 0.05) is 10.5 Å². The van der Waals surface area contributed by atoms with Crippen molar-refractivity contribution in [1.29, 1.82) is 0 Å². The maximum Gasteiger partial charge on any atom is 0.130 e. The van der Waals surface area contributed by atoms with E-state index in [0.29, 0.717) is 0 Å². The van der Waals surface area contributed by atoms with Crippen LogP contribution in [0, 0.1) is 0 Å². The van der Waals surface area contributed by atoms with Crippen molar-refractivity contribution >= 4 is 16.9 Å². The molecule has 2 unspecified atom stereocenters. The summed E-state index contributed by atoms with van der Waals surface area (Å²) in [5, 5.41) is 14.8. The van der Waals surface area contributed by atoms with E-state index in [0.717, 1.165) is 12.1 Å². The summed E-state index contributed by atoms with van der Waals surface area (Å²) in [6, 6.07) is 24.7. The van der Waals surface area contributed by atoms with E-state index >= 15 is 0 Å². The summed E-state index contributed by atoms with van der Waals surface area (Å²) in [7, 11) is 0. The highest BCUT2D eigenvalue weighted by Crippen LogP contribution is 2.26. The fraction of sp³-hybridized carbons (Fsp3) is 0.182. The maximum atomic E-state index is 10.5. The van der Waals surface area contributed by atoms with Crippen LogP contribution in [0.5, 0.6) is 0 Å². The van der Waals surface area contributed by atoms with E-state index in [2.05, 4.69) is 60.1 Å². The molecule has 0 saturated heterocycles. The van der Waals surface area contributed by atoms with Crippen molar-refractivity contribution in [1.82, 2.24) is 0 Å². The second-order valence-corrected chi connectivity index (χ2v) is 7.09. The van der Waals surface area contributed by atoms with Crippen LogP contribution in [0.1, 0.15) is 29.0 Å². The molecule has 4 heteroatoms. The minimum absolute atomic E-state index is 0. The summed E-state index contributed by atoms with van der Waals surface area (Å²) < 4.78 is 0. The summed E-state index contributed by atoms with van der Waals surface area (Å²) in [6.45, 7) is 2.89. The maximum absolute atomic E-state index is 10.5. The van der Waals surface area contributed by atoms with Gasteiger partial charge in [-0.15, -0.1) is 11.3 Å². The molecular weight excluding hydrogens is 362 g/mol. The van der Waals surface area contributed by atoms with Gasteiger partial charge in [0.15, 0.2) is 0 Å². The smallest absolute Gasteiger partial charge is 0.130 e. The SMILES string of the molecule is CC([NH2+]C/C=C(/c1ccccc1)c1cccs1)C(O)c1ccccc1.[Cl-]. The molecule has 1 heterocycles. The van der Waals surface area contributed by atoms with Crippen molar-refractivity contribution in [3.05, 3.63) is 100 Å². The van der Waals surface area contributed by atoms with Crippen LogP contribution in [-0.2, 0) is 0 Å². The topological polar surface area (TPSA) is 36.8 Å². The van der Waals surface area contributed by atoms with Crippen LogP contribution in [0.3, 0.4) is 0 Å². The average Bonchev–Trinajstić information content (AvgIpc) is 3.20. The lowest BCUT2D eigenvalue weighted by molar-refractivity contribution is -0.686. The second-order valence-electron chi connectivity index (χ2n) is 6.15. The van der Waals surface area contributed by atoms with Crippen molar-refractivity contribution < 1.29 is 22.8 Å². The lowest BCUT2D eigenvalue weighted by Crippen LogP contribution is -3.00. The lowest BCUT2D eigenvalue weighted by atomic mass is 10.0. The molecule has 3 N–H and O–H groups in total. The van der Waals surface area contributed by atoms with E-state index < -0.39 is 6.10 Å². The van der Waals surface area contributed by atoms with E-state index in [9.17, 15) is 5.11 Å². The molecule has 0 aliphatic carbocycles. The van der Waals surface area contributed by atoms with Crippen LogP contribution < -0.4 is 17.7 Å². The first kappa shape index (κ1) is 20.4. The molecule has 1 aromatic heterocycles. The monoisotopic (exact) mass is 385 g/mol. The Bertz CT molecular complexity index is 788. The summed E-state index contributed by atoms with van der Waals surface area (Å²) >= 11 is 1.76. The zero-order valence-electron chi connectivity index (χ0n) is 14.8. The van der Waals surface area contributed by atoms with Crippen molar-refractivity contribution in [3.8, 4) is 0 Å². The van der Waals surface area contributed by atoms with Gasteiger partial charge in [0.25, 0.3) is 0 Å². The van der Waals surface area contributed by atoms with Crippen LogP contribution in [-0.4, -0.2) is 17.7 Å². The number of thiophene rings is 1. The molecular formula is C22H24ClNOS. The van der Waals surface area contributed by atoms with Crippen LogP contribution in [0.25, 0.3) is 5.57 Å². The minimum Gasteiger partial charge on any atom is -1.00 e. The number of benzene rings is 2. The van der Waals surface area contributed by atoms with Gasteiger partial charge in [-0.2, -0.15) is 0 Å². The molecule has 2 aromatic carbocycles. The molecule has 0 saturated carbocycles. The molecule has 0 spiro atoms. The lowest BCUT2D eigenvalue weighted by Gasteiger charge is -2.17. The van der Waals surface area contributed by atoms with Gasteiger partial charge in [-0.25, -0.2) is 0 Å². The normalized spacial score (nSPS) is 13.7. The van der Waals surface area contributed by atoms with E-state index in [1.807, 2.05) is 36.4 Å². The van der Waals surface area contributed by atoms with Crippen LogP contribution in [0.2, 0.25) is 0 Å². The van der Waals surface area contributed by atoms with Crippen LogP contribution in [0.15, 0.2) is 84.3 Å².